The third-order valence-corrected chi connectivity index (χ3v) is 7.08. The molecule has 0 saturated carbocycles. The van der Waals surface area contributed by atoms with Crippen molar-refractivity contribution in [3.63, 3.8) is 0 Å². The van der Waals surface area contributed by atoms with Gasteiger partial charge in [-0.15, -0.1) is 0 Å². The lowest BCUT2D eigenvalue weighted by molar-refractivity contribution is -0.385. The van der Waals surface area contributed by atoms with Crippen LogP contribution in [0.15, 0.2) is 53.4 Å². The zero-order valence-corrected chi connectivity index (χ0v) is 17.3. The number of nitro groups is 1. The molecule has 2 aromatic rings. The second-order valence-electron chi connectivity index (χ2n) is 6.96. The molecule has 10 heteroatoms. The number of nitro benzene ring substituents is 1. The summed E-state index contributed by atoms with van der Waals surface area (Å²) in [5, 5.41) is 13.8. The van der Waals surface area contributed by atoms with Crippen LogP contribution in [-0.4, -0.2) is 43.8 Å². The van der Waals surface area contributed by atoms with Gasteiger partial charge in [-0.2, -0.15) is 4.31 Å². The number of benzene rings is 2. The molecule has 1 heterocycles. The van der Waals surface area contributed by atoms with Gasteiger partial charge in [-0.3, -0.25) is 14.9 Å². The number of sulfonamides is 1. The summed E-state index contributed by atoms with van der Waals surface area (Å²) < 4.78 is 32.0. The number of methoxy groups -OCH3 is 1. The lowest BCUT2D eigenvalue weighted by Crippen LogP contribution is -2.42. The molecule has 1 amide bonds. The predicted octanol–water partition coefficient (Wildman–Crippen LogP) is 2.32. The Hall–Kier alpha value is -2.98. The topological polar surface area (TPSA) is 119 Å². The quantitative estimate of drug-likeness (QED) is 0.529. The van der Waals surface area contributed by atoms with E-state index < -0.39 is 14.9 Å². The Balaban J connectivity index is 1.57. The lowest BCUT2D eigenvalue weighted by atomic mass is 9.97. The Bertz CT molecular complexity index is 1020. The van der Waals surface area contributed by atoms with Crippen molar-refractivity contribution in [3.05, 3.63) is 64.2 Å². The van der Waals surface area contributed by atoms with Crippen LogP contribution in [0.1, 0.15) is 18.4 Å². The molecule has 1 aliphatic heterocycles. The number of rotatable bonds is 7. The number of hydrogen-bond donors (Lipinski definition) is 1. The highest BCUT2D eigenvalue weighted by molar-refractivity contribution is 7.89. The normalized spacial score (nSPS) is 15.5. The van der Waals surface area contributed by atoms with Crippen LogP contribution >= 0.6 is 0 Å². The van der Waals surface area contributed by atoms with Gasteiger partial charge in [0.05, 0.1) is 16.9 Å². The van der Waals surface area contributed by atoms with E-state index in [2.05, 4.69) is 5.32 Å². The lowest BCUT2D eigenvalue weighted by Gasteiger charge is -2.30. The third kappa shape index (κ3) is 4.77. The van der Waals surface area contributed by atoms with Crippen molar-refractivity contribution in [1.82, 2.24) is 9.62 Å². The molecule has 0 atom stereocenters. The fourth-order valence-corrected chi connectivity index (χ4v) is 4.89. The van der Waals surface area contributed by atoms with Gasteiger partial charge in [0, 0.05) is 37.2 Å². The summed E-state index contributed by atoms with van der Waals surface area (Å²) in [5.41, 5.74) is 0.383. The largest absolute Gasteiger partial charge is 0.497 e. The number of ether oxygens (including phenoxy) is 1. The van der Waals surface area contributed by atoms with Gasteiger partial charge >= 0.3 is 0 Å². The highest BCUT2D eigenvalue weighted by Crippen LogP contribution is 2.25. The molecule has 0 radical (unpaired) electrons. The summed E-state index contributed by atoms with van der Waals surface area (Å²) in [7, 11) is -2.13. The average molecular weight is 433 g/mol. The molecular weight excluding hydrogens is 410 g/mol. The number of para-hydroxylation sites is 1. The Kier molecular flexibility index (Phi) is 6.68. The van der Waals surface area contributed by atoms with Crippen LogP contribution in [0.4, 0.5) is 5.69 Å². The molecule has 30 heavy (non-hydrogen) atoms. The van der Waals surface area contributed by atoms with E-state index in [0.717, 1.165) is 0 Å². The summed E-state index contributed by atoms with van der Waals surface area (Å²) in [6, 6.07) is 12.4. The maximum Gasteiger partial charge on any atom is 0.274 e. The van der Waals surface area contributed by atoms with Crippen molar-refractivity contribution in [2.45, 2.75) is 24.3 Å². The van der Waals surface area contributed by atoms with E-state index in [1.165, 1.54) is 29.6 Å². The van der Waals surface area contributed by atoms with Gasteiger partial charge in [0.25, 0.3) is 5.69 Å². The van der Waals surface area contributed by atoms with Crippen molar-refractivity contribution in [1.29, 1.82) is 0 Å². The van der Waals surface area contributed by atoms with Gasteiger partial charge < -0.3 is 10.1 Å². The van der Waals surface area contributed by atoms with Crippen molar-refractivity contribution < 1.29 is 22.9 Å². The molecule has 0 aromatic heterocycles. The highest BCUT2D eigenvalue weighted by Gasteiger charge is 2.32. The second-order valence-corrected chi connectivity index (χ2v) is 8.90. The monoisotopic (exact) mass is 433 g/mol. The van der Waals surface area contributed by atoms with Gasteiger partial charge in [0.2, 0.25) is 15.9 Å². The van der Waals surface area contributed by atoms with E-state index in [1.807, 2.05) is 0 Å². The Morgan fingerprint density at radius 2 is 1.80 bits per heavy atom. The van der Waals surface area contributed by atoms with E-state index in [1.54, 1.807) is 30.3 Å². The molecule has 0 bridgehead atoms. The second kappa shape index (κ2) is 9.23. The summed E-state index contributed by atoms with van der Waals surface area (Å²) >= 11 is 0. The number of hydrogen-bond acceptors (Lipinski definition) is 6. The highest BCUT2D eigenvalue weighted by atomic mass is 32.2. The van der Waals surface area contributed by atoms with E-state index in [4.69, 9.17) is 4.74 Å². The van der Waals surface area contributed by atoms with E-state index in [9.17, 15) is 23.3 Å². The minimum atomic E-state index is -3.64. The summed E-state index contributed by atoms with van der Waals surface area (Å²) in [6.07, 6.45) is 0.774. The molecule has 3 rings (SSSR count). The van der Waals surface area contributed by atoms with E-state index in [-0.39, 0.29) is 42.0 Å². The maximum absolute atomic E-state index is 12.8. The van der Waals surface area contributed by atoms with Crippen molar-refractivity contribution in [2.24, 2.45) is 5.92 Å². The van der Waals surface area contributed by atoms with Gasteiger partial charge in [0.15, 0.2) is 0 Å². The Morgan fingerprint density at radius 3 is 2.40 bits per heavy atom. The predicted molar refractivity (Wildman–Crippen MR) is 109 cm³/mol. The van der Waals surface area contributed by atoms with E-state index in [0.29, 0.717) is 24.2 Å². The van der Waals surface area contributed by atoms with Crippen LogP contribution in [0, 0.1) is 16.0 Å². The zero-order chi connectivity index (χ0) is 21.7. The molecule has 2 aromatic carbocycles. The number of carbonyl (C=O) groups is 1. The Morgan fingerprint density at radius 1 is 1.17 bits per heavy atom. The summed E-state index contributed by atoms with van der Waals surface area (Å²) in [6.45, 7) is 0.524. The SMILES string of the molecule is COc1ccc(S(=O)(=O)N2CCC(C(=O)NCc3ccccc3[N+](=O)[O-])CC2)cc1. The molecule has 0 aliphatic carbocycles. The van der Waals surface area contributed by atoms with Gasteiger partial charge in [-0.05, 0) is 37.1 Å². The molecular formula is C20H23N3O6S. The number of amides is 1. The van der Waals surface area contributed by atoms with Crippen LogP contribution in [0.5, 0.6) is 5.75 Å². The fraction of sp³-hybridized carbons (Fsp3) is 0.350. The summed E-state index contributed by atoms with van der Waals surface area (Å²) in [5.74, 6) is 0.00714. The van der Waals surface area contributed by atoms with Gasteiger partial charge in [0.1, 0.15) is 5.75 Å². The number of carbonyl (C=O) groups excluding carboxylic acids is 1. The van der Waals surface area contributed by atoms with Crippen LogP contribution in [0.25, 0.3) is 0 Å². The molecule has 1 fully saturated rings. The standard InChI is InChI=1S/C20H23N3O6S/c1-29-17-6-8-18(9-7-17)30(27,28)22-12-10-15(11-13-22)20(24)21-14-16-4-2-3-5-19(16)23(25)26/h2-9,15H,10-14H2,1H3,(H,21,24). The van der Waals surface area contributed by atoms with Gasteiger partial charge in [-0.1, -0.05) is 18.2 Å². The average Bonchev–Trinajstić information content (AvgIpc) is 2.77. The molecule has 9 nitrogen and oxygen atoms in total. The zero-order valence-electron chi connectivity index (χ0n) is 16.5. The van der Waals surface area contributed by atoms with Crippen LogP contribution in [-0.2, 0) is 21.4 Å². The molecule has 1 saturated heterocycles. The van der Waals surface area contributed by atoms with Crippen molar-refractivity contribution >= 4 is 21.6 Å². The minimum Gasteiger partial charge on any atom is -0.497 e. The number of piperidine rings is 1. The van der Waals surface area contributed by atoms with Crippen molar-refractivity contribution in [3.8, 4) is 5.75 Å². The van der Waals surface area contributed by atoms with Crippen LogP contribution < -0.4 is 10.1 Å². The first kappa shape index (κ1) is 21.7. The maximum atomic E-state index is 12.8. The third-order valence-electron chi connectivity index (χ3n) is 5.16. The van der Waals surface area contributed by atoms with Crippen molar-refractivity contribution in [2.75, 3.05) is 20.2 Å². The minimum absolute atomic E-state index is 0.0433. The first-order valence-corrected chi connectivity index (χ1v) is 10.9. The smallest absolute Gasteiger partial charge is 0.274 e. The molecule has 160 valence electrons. The molecule has 0 unspecified atom stereocenters. The first-order valence-electron chi connectivity index (χ1n) is 9.47. The molecule has 1 aliphatic rings. The fourth-order valence-electron chi connectivity index (χ4n) is 3.42. The first-order chi connectivity index (χ1) is 14.3. The van der Waals surface area contributed by atoms with Gasteiger partial charge in [-0.25, -0.2) is 8.42 Å². The summed E-state index contributed by atoms with van der Waals surface area (Å²) in [4.78, 5) is 23.3. The number of nitrogens with one attached hydrogen (secondary N) is 1. The van der Waals surface area contributed by atoms with Crippen LogP contribution in [0.3, 0.4) is 0 Å². The molecule has 0 spiro atoms. The molecule has 1 N–H and O–H groups in total. The Labute approximate surface area is 174 Å². The van der Waals surface area contributed by atoms with Crippen LogP contribution in [0.2, 0.25) is 0 Å². The number of nitrogens with zero attached hydrogens (tertiary/aromatic N) is 2. The van der Waals surface area contributed by atoms with E-state index >= 15 is 0 Å².